The lowest BCUT2D eigenvalue weighted by atomic mass is 9.92. The van der Waals surface area contributed by atoms with Crippen LogP contribution in [0.4, 0.5) is 5.69 Å². The summed E-state index contributed by atoms with van der Waals surface area (Å²) >= 11 is 0. The highest BCUT2D eigenvalue weighted by Gasteiger charge is 2.13. The second-order valence-corrected chi connectivity index (χ2v) is 4.53. The van der Waals surface area contributed by atoms with Crippen LogP contribution in [-0.2, 0) is 0 Å². The van der Waals surface area contributed by atoms with Gasteiger partial charge in [0.25, 0.3) is 0 Å². The molecule has 0 saturated heterocycles. The Bertz CT molecular complexity index is 313. The minimum atomic E-state index is 0.428. The summed E-state index contributed by atoms with van der Waals surface area (Å²) in [4.78, 5) is 0. The Hall–Kier alpha value is -1.18. The van der Waals surface area contributed by atoms with Crippen molar-refractivity contribution in [1.29, 1.82) is 0 Å². The fourth-order valence-corrected chi connectivity index (χ4v) is 1.74. The number of hydrogen-bond donors (Lipinski definition) is 1. The average molecular weight is 207 g/mol. The molecule has 0 fully saturated rings. The van der Waals surface area contributed by atoms with Crippen molar-refractivity contribution in [2.75, 3.05) is 12.8 Å². The zero-order chi connectivity index (χ0) is 11.6. The Kier molecular flexibility index (Phi) is 3.61. The van der Waals surface area contributed by atoms with Crippen LogP contribution in [-0.4, -0.2) is 7.11 Å². The van der Waals surface area contributed by atoms with E-state index >= 15 is 0 Å². The van der Waals surface area contributed by atoms with Crippen molar-refractivity contribution in [2.24, 2.45) is 0 Å². The number of nitrogen functional groups attached to an aromatic ring is 1. The third-order valence-electron chi connectivity index (χ3n) is 2.70. The summed E-state index contributed by atoms with van der Waals surface area (Å²) in [5.41, 5.74) is 9.43. The zero-order valence-corrected chi connectivity index (χ0v) is 10.3. The van der Waals surface area contributed by atoms with E-state index in [1.54, 1.807) is 7.11 Å². The first-order chi connectivity index (χ1) is 6.97. The largest absolute Gasteiger partial charge is 0.497 e. The Morgan fingerprint density at radius 3 is 1.67 bits per heavy atom. The van der Waals surface area contributed by atoms with Gasteiger partial charge in [-0.15, -0.1) is 0 Å². The maximum atomic E-state index is 6.15. The highest BCUT2D eigenvalue weighted by molar-refractivity contribution is 5.59. The second kappa shape index (κ2) is 4.56. The molecule has 1 rings (SSSR count). The van der Waals surface area contributed by atoms with Gasteiger partial charge in [0.15, 0.2) is 0 Å². The predicted octanol–water partition coefficient (Wildman–Crippen LogP) is 3.52. The van der Waals surface area contributed by atoms with Crippen molar-refractivity contribution < 1.29 is 4.74 Å². The van der Waals surface area contributed by atoms with Gasteiger partial charge in [-0.2, -0.15) is 0 Å². The van der Waals surface area contributed by atoms with Gasteiger partial charge in [0.05, 0.1) is 7.11 Å². The van der Waals surface area contributed by atoms with Gasteiger partial charge in [0.2, 0.25) is 0 Å². The summed E-state index contributed by atoms with van der Waals surface area (Å²) < 4.78 is 5.30. The molecule has 0 aliphatic carbocycles. The molecule has 0 atom stereocenters. The summed E-state index contributed by atoms with van der Waals surface area (Å²) in [6.07, 6.45) is 0. The maximum Gasteiger partial charge on any atom is 0.119 e. The van der Waals surface area contributed by atoms with E-state index in [1.807, 2.05) is 12.1 Å². The van der Waals surface area contributed by atoms with E-state index in [9.17, 15) is 0 Å². The first kappa shape index (κ1) is 11.9. The van der Waals surface area contributed by atoms with E-state index < -0.39 is 0 Å². The second-order valence-electron chi connectivity index (χ2n) is 4.53. The number of rotatable bonds is 3. The van der Waals surface area contributed by atoms with E-state index in [4.69, 9.17) is 10.5 Å². The molecule has 0 amide bonds. The number of hydrogen-bond acceptors (Lipinski definition) is 2. The Morgan fingerprint density at radius 1 is 1.00 bits per heavy atom. The zero-order valence-electron chi connectivity index (χ0n) is 10.3. The number of nitrogens with two attached hydrogens (primary N) is 1. The average Bonchev–Trinajstić information content (AvgIpc) is 2.17. The van der Waals surface area contributed by atoms with Crippen LogP contribution >= 0.6 is 0 Å². The molecule has 0 bridgehead atoms. The quantitative estimate of drug-likeness (QED) is 0.770. The monoisotopic (exact) mass is 207 g/mol. The maximum absolute atomic E-state index is 6.15. The van der Waals surface area contributed by atoms with E-state index in [0.29, 0.717) is 11.8 Å². The first-order valence-corrected chi connectivity index (χ1v) is 5.44. The third kappa shape index (κ3) is 2.44. The summed E-state index contributed by atoms with van der Waals surface area (Å²) in [5, 5.41) is 0. The van der Waals surface area contributed by atoms with Gasteiger partial charge in [0, 0.05) is 5.69 Å². The molecule has 0 unspecified atom stereocenters. The van der Waals surface area contributed by atoms with Crippen LogP contribution in [0.25, 0.3) is 0 Å². The summed E-state index contributed by atoms with van der Waals surface area (Å²) in [7, 11) is 1.69. The molecule has 0 spiro atoms. The highest BCUT2D eigenvalue weighted by atomic mass is 16.5. The molecule has 0 aliphatic rings. The molecule has 0 aliphatic heterocycles. The minimum Gasteiger partial charge on any atom is -0.497 e. The molecule has 1 aromatic rings. The van der Waals surface area contributed by atoms with Crippen molar-refractivity contribution in [3.63, 3.8) is 0 Å². The number of anilines is 1. The molecule has 0 heterocycles. The lowest BCUT2D eigenvalue weighted by Gasteiger charge is -2.18. The van der Waals surface area contributed by atoms with Crippen molar-refractivity contribution in [1.82, 2.24) is 0 Å². The van der Waals surface area contributed by atoms with E-state index in [2.05, 4.69) is 27.7 Å². The van der Waals surface area contributed by atoms with E-state index in [1.165, 1.54) is 11.1 Å². The minimum absolute atomic E-state index is 0.428. The van der Waals surface area contributed by atoms with Crippen molar-refractivity contribution in [2.45, 2.75) is 39.5 Å². The molecule has 0 saturated carbocycles. The fourth-order valence-electron chi connectivity index (χ4n) is 1.74. The lowest BCUT2D eigenvalue weighted by molar-refractivity contribution is 0.413. The number of ether oxygens (including phenoxy) is 1. The Morgan fingerprint density at radius 2 is 1.40 bits per heavy atom. The molecule has 2 nitrogen and oxygen atoms in total. The molecular weight excluding hydrogens is 186 g/mol. The summed E-state index contributed by atoms with van der Waals surface area (Å²) in [6, 6.07) is 4.07. The molecule has 1 aromatic carbocycles. The topological polar surface area (TPSA) is 35.2 Å². The molecule has 0 radical (unpaired) electrons. The van der Waals surface area contributed by atoms with Gasteiger partial charge in [0.1, 0.15) is 5.75 Å². The van der Waals surface area contributed by atoms with Gasteiger partial charge >= 0.3 is 0 Å². The summed E-state index contributed by atoms with van der Waals surface area (Å²) in [5.74, 6) is 1.76. The third-order valence-corrected chi connectivity index (χ3v) is 2.70. The number of benzene rings is 1. The molecule has 2 heteroatoms. The Balaban J connectivity index is 3.33. The van der Waals surface area contributed by atoms with Gasteiger partial charge in [-0.1, -0.05) is 27.7 Å². The van der Waals surface area contributed by atoms with E-state index in [0.717, 1.165) is 11.4 Å². The van der Waals surface area contributed by atoms with Gasteiger partial charge in [-0.25, -0.2) is 0 Å². The Labute approximate surface area is 92.4 Å². The normalized spacial score (nSPS) is 11.1. The lowest BCUT2D eigenvalue weighted by Crippen LogP contribution is -2.04. The fraction of sp³-hybridized carbons (Fsp3) is 0.538. The molecule has 0 aromatic heterocycles. The van der Waals surface area contributed by atoms with Gasteiger partial charge < -0.3 is 10.5 Å². The number of methoxy groups -OCH3 is 1. The van der Waals surface area contributed by atoms with Crippen LogP contribution < -0.4 is 10.5 Å². The van der Waals surface area contributed by atoms with Crippen LogP contribution in [0.2, 0.25) is 0 Å². The smallest absolute Gasteiger partial charge is 0.119 e. The SMILES string of the molecule is COc1cc(C(C)C)c(N)c(C(C)C)c1. The van der Waals surface area contributed by atoms with Crippen LogP contribution in [0.5, 0.6) is 5.75 Å². The van der Waals surface area contributed by atoms with Crippen LogP contribution in [0, 0.1) is 0 Å². The molecule has 84 valence electrons. The highest BCUT2D eigenvalue weighted by Crippen LogP contribution is 2.33. The van der Waals surface area contributed by atoms with Crippen LogP contribution in [0.1, 0.15) is 50.7 Å². The van der Waals surface area contributed by atoms with Crippen molar-refractivity contribution >= 4 is 5.69 Å². The molecule has 15 heavy (non-hydrogen) atoms. The van der Waals surface area contributed by atoms with Gasteiger partial charge in [-0.3, -0.25) is 0 Å². The molecular formula is C13H21NO. The summed E-state index contributed by atoms with van der Waals surface area (Å²) in [6.45, 7) is 8.59. The van der Waals surface area contributed by atoms with Crippen molar-refractivity contribution in [3.8, 4) is 5.75 Å². The van der Waals surface area contributed by atoms with E-state index in [-0.39, 0.29) is 0 Å². The predicted molar refractivity (Wildman–Crippen MR) is 65.6 cm³/mol. The van der Waals surface area contributed by atoms with Crippen molar-refractivity contribution in [3.05, 3.63) is 23.3 Å². The van der Waals surface area contributed by atoms with Crippen LogP contribution in [0.15, 0.2) is 12.1 Å². The first-order valence-electron chi connectivity index (χ1n) is 5.44. The molecule has 2 N–H and O–H groups in total. The van der Waals surface area contributed by atoms with Crippen LogP contribution in [0.3, 0.4) is 0 Å². The standard InChI is InChI=1S/C13H21NO/c1-8(2)11-6-10(15-5)7-12(9(3)4)13(11)14/h6-9H,14H2,1-5H3. The van der Waals surface area contributed by atoms with Gasteiger partial charge in [-0.05, 0) is 35.1 Å².